The van der Waals surface area contributed by atoms with E-state index in [-0.39, 0.29) is 22.9 Å². The number of aromatic hydroxyl groups is 1. The molecule has 0 unspecified atom stereocenters. The maximum atomic E-state index is 11.8. The minimum absolute atomic E-state index is 0.183. The molecule has 1 aliphatic heterocycles. The first-order valence-corrected chi connectivity index (χ1v) is 5.64. The van der Waals surface area contributed by atoms with E-state index in [1.54, 1.807) is 0 Å². The number of carboxylic acids is 1. The molecule has 2 rings (SSSR count). The molecule has 1 aromatic carbocycles. The fourth-order valence-corrected chi connectivity index (χ4v) is 1.83. The van der Waals surface area contributed by atoms with Crippen molar-refractivity contribution in [3.05, 3.63) is 23.8 Å². The van der Waals surface area contributed by atoms with E-state index < -0.39 is 17.9 Å². The number of anilines is 1. The summed E-state index contributed by atoms with van der Waals surface area (Å²) >= 11 is 0. The van der Waals surface area contributed by atoms with Gasteiger partial charge in [-0.25, -0.2) is 4.79 Å². The molecular formula is C12H12N2O5. The van der Waals surface area contributed by atoms with Crippen molar-refractivity contribution in [2.24, 2.45) is 0 Å². The molecule has 1 saturated heterocycles. The normalized spacial score (nSPS) is 17.9. The van der Waals surface area contributed by atoms with Gasteiger partial charge in [-0.1, -0.05) is 0 Å². The van der Waals surface area contributed by atoms with Crippen molar-refractivity contribution in [2.45, 2.75) is 18.9 Å². The van der Waals surface area contributed by atoms with Gasteiger partial charge in [0, 0.05) is 12.1 Å². The van der Waals surface area contributed by atoms with Crippen molar-refractivity contribution in [2.75, 3.05) is 5.32 Å². The molecule has 1 aromatic rings. The third kappa shape index (κ3) is 2.82. The molecule has 0 aromatic heterocycles. The number of carbonyl (C=O) groups excluding carboxylic acids is 2. The summed E-state index contributed by atoms with van der Waals surface area (Å²) in [7, 11) is 0. The highest BCUT2D eigenvalue weighted by atomic mass is 16.4. The van der Waals surface area contributed by atoms with Crippen LogP contribution < -0.4 is 10.6 Å². The number of carboxylic acid groups (broad SMARTS) is 1. The molecule has 0 bridgehead atoms. The molecule has 2 amide bonds. The standard InChI is InChI=1S/C12H12N2O5/c15-9-3-1-6(5-7(9)12(18)19)13-11(17)8-2-4-10(16)14-8/h1,3,5,8,15H,2,4H2,(H,13,17)(H,14,16)(H,18,19)/t8-/m0/s1. The molecule has 1 fully saturated rings. The molecule has 0 saturated carbocycles. The first-order chi connectivity index (χ1) is 8.97. The van der Waals surface area contributed by atoms with E-state index >= 15 is 0 Å². The van der Waals surface area contributed by atoms with Crippen molar-refractivity contribution < 1.29 is 24.6 Å². The molecule has 4 N–H and O–H groups in total. The quantitative estimate of drug-likeness (QED) is 0.586. The first kappa shape index (κ1) is 12.9. The summed E-state index contributed by atoms with van der Waals surface area (Å²) in [5, 5.41) is 23.2. The molecule has 0 radical (unpaired) electrons. The maximum absolute atomic E-state index is 11.8. The first-order valence-electron chi connectivity index (χ1n) is 5.64. The molecule has 0 aliphatic carbocycles. The minimum Gasteiger partial charge on any atom is -0.507 e. The lowest BCUT2D eigenvalue weighted by Crippen LogP contribution is -2.37. The van der Waals surface area contributed by atoms with Crippen molar-refractivity contribution in [1.29, 1.82) is 0 Å². The molecule has 1 atom stereocenters. The Morgan fingerprint density at radius 3 is 2.68 bits per heavy atom. The number of aromatic carboxylic acids is 1. The summed E-state index contributed by atoms with van der Waals surface area (Å²) in [5.41, 5.74) is -0.0467. The van der Waals surface area contributed by atoms with Crippen LogP contribution in [-0.4, -0.2) is 34.0 Å². The van der Waals surface area contributed by atoms with Crippen LogP contribution in [0.5, 0.6) is 5.75 Å². The van der Waals surface area contributed by atoms with Crippen LogP contribution in [0.1, 0.15) is 23.2 Å². The van der Waals surface area contributed by atoms with Gasteiger partial charge in [0.2, 0.25) is 11.8 Å². The lowest BCUT2D eigenvalue weighted by molar-refractivity contribution is -0.122. The molecule has 1 aliphatic rings. The Hall–Kier alpha value is -2.57. The summed E-state index contributed by atoms with van der Waals surface area (Å²) < 4.78 is 0. The van der Waals surface area contributed by atoms with Crippen LogP contribution >= 0.6 is 0 Å². The van der Waals surface area contributed by atoms with E-state index in [9.17, 15) is 19.5 Å². The van der Waals surface area contributed by atoms with E-state index in [4.69, 9.17) is 5.11 Å². The zero-order valence-corrected chi connectivity index (χ0v) is 9.84. The monoisotopic (exact) mass is 264 g/mol. The average Bonchev–Trinajstić information content (AvgIpc) is 2.78. The van der Waals surface area contributed by atoms with Crippen LogP contribution in [0.4, 0.5) is 5.69 Å². The molecule has 1 heterocycles. The van der Waals surface area contributed by atoms with E-state index in [1.807, 2.05) is 0 Å². The highest BCUT2D eigenvalue weighted by Crippen LogP contribution is 2.22. The average molecular weight is 264 g/mol. The SMILES string of the molecule is O=C1CC[C@@H](C(=O)Nc2ccc(O)c(C(=O)O)c2)N1. The number of rotatable bonds is 3. The second-order valence-corrected chi connectivity index (χ2v) is 4.19. The number of amides is 2. The maximum Gasteiger partial charge on any atom is 0.339 e. The van der Waals surface area contributed by atoms with Crippen LogP contribution in [0.25, 0.3) is 0 Å². The summed E-state index contributed by atoms with van der Waals surface area (Å²) in [4.78, 5) is 33.6. The second kappa shape index (κ2) is 4.97. The Bertz CT molecular complexity index is 555. The number of hydrogen-bond donors (Lipinski definition) is 4. The smallest absolute Gasteiger partial charge is 0.339 e. The lowest BCUT2D eigenvalue weighted by Gasteiger charge is -2.11. The fourth-order valence-electron chi connectivity index (χ4n) is 1.83. The van der Waals surface area contributed by atoms with Crippen molar-refractivity contribution in [3.8, 4) is 5.75 Å². The van der Waals surface area contributed by atoms with Gasteiger partial charge in [-0.05, 0) is 24.6 Å². The Kier molecular flexibility index (Phi) is 3.37. The van der Waals surface area contributed by atoms with Crippen molar-refractivity contribution in [1.82, 2.24) is 5.32 Å². The zero-order chi connectivity index (χ0) is 14.0. The van der Waals surface area contributed by atoms with Gasteiger partial charge in [-0.3, -0.25) is 9.59 Å². The molecule has 7 heteroatoms. The van der Waals surface area contributed by atoms with Gasteiger partial charge in [0.15, 0.2) is 0 Å². The highest BCUT2D eigenvalue weighted by Gasteiger charge is 2.27. The van der Waals surface area contributed by atoms with Crippen LogP contribution in [0.15, 0.2) is 18.2 Å². The zero-order valence-electron chi connectivity index (χ0n) is 9.84. The topological polar surface area (TPSA) is 116 Å². The fraction of sp³-hybridized carbons (Fsp3) is 0.250. The van der Waals surface area contributed by atoms with E-state index in [0.717, 1.165) is 6.07 Å². The number of phenols is 1. The Balaban J connectivity index is 2.11. The second-order valence-electron chi connectivity index (χ2n) is 4.19. The van der Waals surface area contributed by atoms with Gasteiger partial charge >= 0.3 is 5.97 Å². The summed E-state index contributed by atoms with van der Waals surface area (Å²) in [6.07, 6.45) is 0.711. The molecule has 0 spiro atoms. The van der Waals surface area contributed by atoms with Gasteiger partial charge < -0.3 is 20.8 Å². The van der Waals surface area contributed by atoms with E-state index in [2.05, 4.69) is 10.6 Å². The lowest BCUT2D eigenvalue weighted by atomic mass is 10.1. The molecule has 100 valence electrons. The van der Waals surface area contributed by atoms with Crippen molar-refractivity contribution >= 4 is 23.5 Å². The Labute approximate surface area is 108 Å². The Morgan fingerprint density at radius 2 is 2.11 bits per heavy atom. The van der Waals surface area contributed by atoms with Gasteiger partial charge in [0.1, 0.15) is 17.4 Å². The van der Waals surface area contributed by atoms with Crippen LogP contribution in [0.2, 0.25) is 0 Å². The largest absolute Gasteiger partial charge is 0.507 e. The van der Waals surface area contributed by atoms with E-state index in [0.29, 0.717) is 12.8 Å². The van der Waals surface area contributed by atoms with Crippen LogP contribution in [0.3, 0.4) is 0 Å². The predicted molar refractivity (Wildman–Crippen MR) is 64.9 cm³/mol. The number of benzene rings is 1. The third-order valence-corrected chi connectivity index (χ3v) is 2.81. The molecule has 19 heavy (non-hydrogen) atoms. The molecule has 7 nitrogen and oxygen atoms in total. The van der Waals surface area contributed by atoms with Crippen molar-refractivity contribution in [3.63, 3.8) is 0 Å². The van der Waals surface area contributed by atoms with Gasteiger partial charge in [0.25, 0.3) is 0 Å². The van der Waals surface area contributed by atoms with Gasteiger partial charge in [-0.15, -0.1) is 0 Å². The van der Waals surface area contributed by atoms with Crippen LogP contribution in [0, 0.1) is 0 Å². The minimum atomic E-state index is -1.29. The van der Waals surface area contributed by atoms with Gasteiger partial charge in [-0.2, -0.15) is 0 Å². The summed E-state index contributed by atoms with van der Waals surface area (Å²) in [6.45, 7) is 0. The third-order valence-electron chi connectivity index (χ3n) is 2.81. The predicted octanol–water partition coefficient (Wildman–Crippen LogP) is 0.308. The van der Waals surface area contributed by atoms with Gasteiger partial charge in [0.05, 0.1) is 0 Å². The molecular weight excluding hydrogens is 252 g/mol. The number of carbonyl (C=O) groups is 3. The number of nitrogens with one attached hydrogen (secondary N) is 2. The van der Waals surface area contributed by atoms with E-state index in [1.165, 1.54) is 12.1 Å². The number of hydrogen-bond acceptors (Lipinski definition) is 4. The summed E-state index contributed by atoms with van der Waals surface area (Å²) in [5.74, 6) is -2.26. The summed E-state index contributed by atoms with van der Waals surface area (Å²) in [6, 6.07) is 3.13. The Morgan fingerprint density at radius 1 is 1.37 bits per heavy atom. The highest BCUT2D eigenvalue weighted by molar-refractivity contribution is 6.00. The van der Waals surface area contributed by atoms with Crippen LogP contribution in [-0.2, 0) is 9.59 Å².